The van der Waals surface area contributed by atoms with Crippen LogP contribution < -0.4 is 10.5 Å². The number of esters is 1. The van der Waals surface area contributed by atoms with Crippen molar-refractivity contribution >= 4 is 5.97 Å². The topological polar surface area (TPSA) is 61.5 Å². The highest BCUT2D eigenvalue weighted by Crippen LogP contribution is 2.11. The minimum atomic E-state index is -0.685. The Bertz CT molecular complexity index is 353. The normalized spacial score (nSPS) is 11.9. The fraction of sp³-hybridized carbons (Fsp3) is 0.417. The second-order valence-electron chi connectivity index (χ2n) is 3.45. The highest BCUT2D eigenvalue weighted by atomic mass is 19.1. The number of ether oxygens (including phenoxy) is 2. The summed E-state index contributed by atoms with van der Waals surface area (Å²) in [5.41, 5.74) is 5.58. The monoisotopic (exact) mass is 241 g/mol. The van der Waals surface area contributed by atoms with Crippen LogP contribution in [0, 0.1) is 5.82 Å². The summed E-state index contributed by atoms with van der Waals surface area (Å²) in [6.45, 7) is 2.32. The minimum absolute atomic E-state index is 0.283. The lowest BCUT2D eigenvalue weighted by molar-refractivity contribution is -0.145. The van der Waals surface area contributed by atoms with Crippen LogP contribution in [0.25, 0.3) is 0 Å². The van der Waals surface area contributed by atoms with Crippen molar-refractivity contribution in [3.63, 3.8) is 0 Å². The van der Waals surface area contributed by atoms with Gasteiger partial charge in [-0.3, -0.25) is 4.79 Å². The molecule has 0 radical (unpaired) electrons. The van der Waals surface area contributed by atoms with Crippen LogP contribution in [0.1, 0.15) is 13.3 Å². The molecule has 1 unspecified atom stereocenters. The zero-order valence-electron chi connectivity index (χ0n) is 9.69. The number of hydrogen-bond donors (Lipinski definition) is 1. The van der Waals surface area contributed by atoms with E-state index in [-0.39, 0.29) is 12.4 Å². The third-order valence-electron chi connectivity index (χ3n) is 2.10. The lowest BCUT2D eigenvalue weighted by Crippen LogP contribution is -2.33. The number of carbonyl (C=O) groups excluding carboxylic acids is 1. The number of benzene rings is 1. The Morgan fingerprint density at radius 3 is 2.65 bits per heavy atom. The molecule has 0 aliphatic rings. The Labute approximate surface area is 99.5 Å². The zero-order valence-corrected chi connectivity index (χ0v) is 9.69. The first kappa shape index (κ1) is 13.4. The third-order valence-corrected chi connectivity index (χ3v) is 2.10. The molecule has 0 aliphatic carbocycles. The quantitative estimate of drug-likeness (QED) is 0.766. The van der Waals surface area contributed by atoms with Gasteiger partial charge in [0.05, 0.1) is 13.2 Å². The number of rotatable bonds is 6. The molecule has 1 rings (SSSR count). The SMILES string of the molecule is CCOC(=O)C(N)CCOc1ccc(F)cc1. The highest BCUT2D eigenvalue weighted by Gasteiger charge is 2.14. The summed E-state index contributed by atoms with van der Waals surface area (Å²) < 4.78 is 22.6. The van der Waals surface area contributed by atoms with Gasteiger partial charge in [-0.25, -0.2) is 4.39 Å². The molecular formula is C12H16FNO3. The Morgan fingerprint density at radius 2 is 2.06 bits per heavy atom. The molecule has 17 heavy (non-hydrogen) atoms. The van der Waals surface area contributed by atoms with E-state index < -0.39 is 12.0 Å². The van der Waals surface area contributed by atoms with E-state index in [1.165, 1.54) is 24.3 Å². The van der Waals surface area contributed by atoms with Gasteiger partial charge in [-0.15, -0.1) is 0 Å². The molecule has 2 N–H and O–H groups in total. The van der Waals surface area contributed by atoms with E-state index in [1.807, 2.05) is 0 Å². The average molecular weight is 241 g/mol. The fourth-order valence-electron chi connectivity index (χ4n) is 1.20. The molecule has 0 aliphatic heterocycles. The van der Waals surface area contributed by atoms with Crippen molar-refractivity contribution in [1.29, 1.82) is 0 Å². The molecule has 4 nitrogen and oxygen atoms in total. The van der Waals surface area contributed by atoms with Gasteiger partial charge in [0.15, 0.2) is 0 Å². The molecule has 1 aromatic carbocycles. The highest BCUT2D eigenvalue weighted by molar-refractivity contribution is 5.75. The average Bonchev–Trinajstić information content (AvgIpc) is 2.32. The van der Waals surface area contributed by atoms with E-state index in [9.17, 15) is 9.18 Å². The molecule has 1 aromatic rings. The van der Waals surface area contributed by atoms with E-state index in [2.05, 4.69) is 0 Å². The molecule has 0 heterocycles. The molecular weight excluding hydrogens is 225 g/mol. The first-order valence-electron chi connectivity index (χ1n) is 5.44. The van der Waals surface area contributed by atoms with Crippen LogP contribution in [0.4, 0.5) is 4.39 Å². The molecule has 0 aromatic heterocycles. The van der Waals surface area contributed by atoms with E-state index in [0.717, 1.165) is 0 Å². The van der Waals surface area contributed by atoms with Crippen LogP contribution in [-0.2, 0) is 9.53 Å². The number of halogens is 1. The largest absolute Gasteiger partial charge is 0.494 e. The van der Waals surface area contributed by atoms with Gasteiger partial charge in [0.2, 0.25) is 0 Å². The number of carbonyl (C=O) groups is 1. The van der Waals surface area contributed by atoms with Gasteiger partial charge in [0.1, 0.15) is 17.6 Å². The second-order valence-corrected chi connectivity index (χ2v) is 3.45. The predicted molar refractivity (Wildman–Crippen MR) is 61.1 cm³/mol. The van der Waals surface area contributed by atoms with Crippen molar-refractivity contribution in [2.45, 2.75) is 19.4 Å². The Balaban J connectivity index is 2.27. The maximum absolute atomic E-state index is 12.6. The van der Waals surface area contributed by atoms with Gasteiger partial charge in [0, 0.05) is 6.42 Å². The minimum Gasteiger partial charge on any atom is -0.494 e. The van der Waals surface area contributed by atoms with Gasteiger partial charge < -0.3 is 15.2 Å². The first-order chi connectivity index (χ1) is 8.13. The summed E-state index contributed by atoms with van der Waals surface area (Å²) >= 11 is 0. The van der Waals surface area contributed by atoms with Gasteiger partial charge in [-0.2, -0.15) is 0 Å². The zero-order chi connectivity index (χ0) is 12.7. The van der Waals surface area contributed by atoms with Crippen molar-refractivity contribution < 1.29 is 18.7 Å². The lowest BCUT2D eigenvalue weighted by Gasteiger charge is -2.11. The lowest BCUT2D eigenvalue weighted by atomic mass is 10.2. The molecule has 0 bridgehead atoms. The molecule has 94 valence electrons. The molecule has 0 amide bonds. The molecule has 5 heteroatoms. The molecule has 1 atom stereocenters. The molecule has 0 saturated carbocycles. The predicted octanol–water partition coefficient (Wildman–Crippen LogP) is 1.48. The van der Waals surface area contributed by atoms with Gasteiger partial charge in [-0.1, -0.05) is 0 Å². The third kappa shape index (κ3) is 4.82. The van der Waals surface area contributed by atoms with Crippen molar-refractivity contribution in [1.82, 2.24) is 0 Å². The van der Waals surface area contributed by atoms with Crippen molar-refractivity contribution in [2.75, 3.05) is 13.2 Å². The van der Waals surface area contributed by atoms with Crippen LogP contribution in [0.5, 0.6) is 5.75 Å². The molecule has 0 spiro atoms. The Morgan fingerprint density at radius 1 is 1.41 bits per heavy atom. The summed E-state index contributed by atoms with van der Waals surface area (Å²) in [7, 11) is 0. The Kier molecular flexibility index (Phi) is 5.42. The van der Waals surface area contributed by atoms with E-state index in [4.69, 9.17) is 15.2 Å². The molecule has 0 fully saturated rings. The Hall–Kier alpha value is -1.62. The fourth-order valence-corrected chi connectivity index (χ4v) is 1.20. The van der Waals surface area contributed by atoms with Crippen LogP contribution in [0.15, 0.2) is 24.3 Å². The second kappa shape index (κ2) is 6.85. The molecule has 0 saturated heterocycles. The van der Waals surface area contributed by atoms with Crippen LogP contribution >= 0.6 is 0 Å². The first-order valence-corrected chi connectivity index (χ1v) is 5.44. The smallest absolute Gasteiger partial charge is 0.323 e. The van der Waals surface area contributed by atoms with Gasteiger partial charge in [-0.05, 0) is 31.2 Å². The van der Waals surface area contributed by atoms with Crippen LogP contribution in [0.3, 0.4) is 0 Å². The van der Waals surface area contributed by atoms with E-state index in [1.54, 1.807) is 6.92 Å². The van der Waals surface area contributed by atoms with Crippen molar-refractivity contribution in [2.24, 2.45) is 5.73 Å². The summed E-state index contributed by atoms with van der Waals surface area (Å²) in [6, 6.07) is 4.97. The van der Waals surface area contributed by atoms with Gasteiger partial charge >= 0.3 is 5.97 Å². The standard InChI is InChI=1S/C12H16FNO3/c1-2-16-12(15)11(14)7-8-17-10-5-3-9(13)4-6-10/h3-6,11H,2,7-8,14H2,1H3. The summed E-state index contributed by atoms with van der Waals surface area (Å²) in [5.74, 6) is -0.210. The maximum atomic E-state index is 12.6. The van der Waals surface area contributed by atoms with Crippen LogP contribution in [-0.4, -0.2) is 25.2 Å². The number of hydrogen-bond acceptors (Lipinski definition) is 4. The van der Waals surface area contributed by atoms with Gasteiger partial charge in [0.25, 0.3) is 0 Å². The van der Waals surface area contributed by atoms with E-state index in [0.29, 0.717) is 18.8 Å². The van der Waals surface area contributed by atoms with E-state index >= 15 is 0 Å². The summed E-state index contributed by atoms with van der Waals surface area (Å²) in [4.78, 5) is 11.2. The van der Waals surface area contributed by atoms with Crippen LogP contribution in [0.2, 0.25) is 0 Å². The summed E-state index contributed by atoms with van der Waals surface area (Å²) in [6.07, 6.45) is 0.357. The van der Waals surface area contributed by atoms with Crippen molar-refractivity contribution in [3.8, 4) is 5.75 Å². The maximum Gasteiger partial charge on any atom is 0.323 e. The summed E-state index contributed by atoms with van der Waals surface area (Å²) in [5, 5.41) is 0. The van der Waals surface area contributed by atoms with Crippen molar-refractivity contribution in [3.05, 3.63) is 30.1 Å². The number of nitrogens with two attached hydrogens (primary N) is 1.